The number of nitrogens with two attached hydrogens (primary N) is 1. The minimum Gasteiger partial charge on any atom is -0.494 e. The summed E-state index contributed by atoms with van der Waals surface area (Å²) in [5.74, 6) is 0.616. The van der Waals surface area contributed by atoms with E-state index in [1.54, 1.807) is 22.8 Å². The van der Waals surface area contributed by atoms with Crippen LogP contribution in [-0.4, -0.2) is 27.9 Å². The van der Waals surface area contributed by atoms with Crippen molar-refractivity contribution < 1.29 is 17.9 Å². The summed E-state index contributed by atoms with van der Waals surface area (Å²) in [4.78, 5) is 4.12. The van der Waals surface area contributed by atoms with E-state index in [2.05, 4.69) is 4.98 Å². The molecule has 104 valence electrons. The number of ether oxygens (including phenoxy) is 1. The number of para-hydroxylation sites is 1. The van der Waals surface area contributed by atoms with Gasteiger partial charge in [-0.05, 0) is 23.9 Å². The molecule has 1 aromatic carbocycles. The van der Waals surface area contributed by atoms with E-state index in [1.165, 1.54) is 7.11 Å². The number of alkyl halides is 3. The molecule has 0 bridgehead atoms. The summed E-state index contributed by atoms with van der Waals surface area (Å²) in [5.41, 5.74) is 2.72. The third-order valence-corrected chi connectivity index (χ3v) is 3.29. The van der Waals surface area contributed by atoms with E-state index in [9.17, 15) is 13.2 Å². The molecule has 0 radical (unpaired) electrons. The van der Waals surface area contributed by atoms with E-state index in [0.717, 1.165) is 0 Å². The molecule has 0 saturated carbocycles. The molecule has 4 nitrogen and oxygen atoms in total. The molecule has 19 heavy (non-hydrogen) atoms. The number of aryl methyl sites for hydroxylation is 1. The van der Waals surface area contributed by atoms with Crippen LogP contribution in [0.1, 0.15) is 0 Å². The average molecular weight is 291 g/mol. The van der Waals surface area contributed by atoms with Gasteiger partial charge in [-0.3, -0.25) is 0 Å². The van der Waals surface area contributed by atoms with Crippen LogP contribution in [0.25, 0.3) is 11.0 Å². The zero-order valence-electron chi connectivity index (χ0n) is 10.1. The van der Waals surface area contributed by atoms with Gasteiger partial charge in [-0.1, -0.05) is 6.07 Å². The van der Waals surface area contributed by atoms with Crippen molar-refractivity contribution in [2.45, 2.75) is 12.1 Å². The first-order valence-electron chi connectivity index (χ1n) is 5.42. The number of nitrogens with zero attached hydrogens (tertiary/aromatic N) is 2. The SMILES string of the molecule is COc1cccc2c1nc(N)n2CCSC(F)(F)F. The lowest BCUT2D eigenvalue weighted by Gasteiger charge is -2.08. The second-order valence-corrected chi connectivity index (χ2v) is 4.90. The number of imidazole rings is 1. The standard InChI is InChI=1S/C11H12F3N3OS/c1-18-8-4-2-3-7-9(8)16-10(15)17(7)5-6-19-11(12,13)14/h2-4H,5-6H2,1H3,(H2,15,16). The normalized spacial score (nSPS) is 12.0. The minimum absolute atomic E-state index is 0.0764. The molecule has 0 atom stereocenters. The lowest BCUT2D eigenvalue weighted by molar-refractivity contribution is -0.0328. The quantitative estimate of drug-likeness (QED) is 0.941. The first-order chi connectivity index (χ1) is 8.92. The summed E-state index contributed by atoms with van der Waals surface area (Å²) >= 11 is -0.0764. The van der Waals surface area contributed by atoms with Crippen LogP contribution < -0.4 is 10.5 Å². The van der Waals surface area contributed by atoms with Crippen molar-refractivity contribution in [3.8, 4) is 5.75 Å². The largest absolute Gasteiger partial charge is 0.494 e. The van der Waals surface area contributed by atoms with Crippen molar-refractivity contribution in [1.29, 1.82) is 0 Å². The monoisotopic (exact) mass is 291 g/mol. The fraction of sp³-hybridized carbons (Fsp3) is 0.364. The smallest absolute Gasteiger partial charge is 0.441 e. The molecule has 0 aliphatic carbocycles. The predicted octanol–water partition coefficient (Wildman–Crippen LogP) is 2.88. The fourth-order valence-electron chi connectivity index (χ4n) is 1.79. The highest BCUT2D eigenvalue weighted by molar-refractivity contribution is 8.00. The number of anilines is 1. The Morgan fingerprint density at radius 3 is 2.79 bits per heavy atom. The topological polar surface area (TPSA) is 53.1 Å². The van der Waals surface area contributed by atoms with E-state index >= 15 is 0 Å². The van der Waals surface area contributed by atoms with Crippen molar-refractivity contribution in [3.05, 3.63) is 18.2 Å². The van der Waals surface area contributed by atoms with E-state index in [1.807, 2.05) is 0 Å². The first-order valence-corrected chi connectivity index (χ1v) is 6.40. The molecule has 2 aromatic rings. The van der Waals surface area contributed by atoms with Crippen LogP contribution in [0.15, 0.2) is 18.2 Å². The maximum Gasteiger partial charge on any atom is 0.441 e. The highest BCUT2D eigenvalue weighted by atomic mass is 32.2. The lowest BCUT2D eigenvalue weighted by Crippen LogP contribution is -2.09. The van der Waals surface area contributed by atoms with Gasteiger partial charge in [0.1, 0.15) is 11.3 Å². The molecule has 0 fully saturated rings. The maximum atomic E-state index is 12.1. The van der Waals surface area contributed by atoms with Gasteiger partial charge in [0, 0.05) is 12.3 Å². The highest BCUT2D eigenvalue weighted by Crippen LogP contribution is 2.31. The molecule has 1 heterocycles. The van der Waals surface area contributed by atoms with Gasteiger partial charge in [0.2, 0.25) is 5.95 Å². The fourth-order valence-corrected chi connectivity index (χ4v) is 2.30. The van der Waals surface area contributed by atoms with Gasteiger partial charge in [-0.25, -0.2) is 4.98 Å². The third kappa shape index (κ3) is 3.06. The lowest BCUT2D eigenvalue weighted by atomic mass is 10.3. The molecular formula is C11H12F3N3OS. The van der Waals surface area contributed by atoms with Crippen molar-refractivity contribution in [2.75, 3.05) is 18.6 Å². The Bertz CT molecular complexity index is 582. The number of aromatic nitrogens is 2. The summed E-state index contributed by atoms with van der Waals surface area (Å²) < 4.78 is 43.0. The summed E-state index contributed by atoms with van der Waals surface area (Å²) in [7, 11) is 1.50. The van der Waals surface area contributed by atoms with E-state index < -0.39 is 5.51 Å². The Morgan fingerprint density at radius 1 is 1.42 bits per heavy atom. The number of hydrogen-bond donors (Lipinski definition) is 1. The summed E-state index contributed by atoms with van der Waals surface area (Å²) in [6.45, 7) is 0.139. The molecule has 0 saturated heterocycles. The molecule has 0 unspecified atom stereocenters. The Labute approximate surface area is 111 Å². The van der Waals surface area contributed by atoms with Crippen LogP contribution in [0.5, 0.6) is 5.75 Å². The third-order valence-electron chi connectivity index (χ3n) is 2.57. The van der Waals surface area contributed by atoms with E-state index in [0.29, 0.717) is 16.8 Å². The Kier molecular flexibility index (Phi) is 3.79. The average Bonchev–Trinajstić information content (AvgIpc) is 2.64. The van der Waals surface area contributed by atoms with Crippen LogP contribution in [0, 0.1) is 0 Å². The molecule has 2 rings (SSSR count). The molecule has 0 spiro atoms. The van der Waals surface area contributed by atoms with Gasteiger partial charge in [0.15, 0.2) is 0 Å². The van der Waals surface area contributed by atoms with Crippen LogP contribution in [0.4, 0.5) is 19.1 Å². The van der Waals surface area contributed by atoms with Gasteiger partial charge < -0.3 is 15.0 Å². The second kappa shape index (κ2) is 5.20. The number of methoxy groups -OCH3 is 1. The first kappa shape index (κ1) is 13.9. The van der Waals surface area contributed by atoms with Crippen LogP contribution in [0.3, 0.4) is 0 Å². The van der Waals surface area contributed by atoms with Crippen molar-refractivity contribution in [1.82, 2.24) is 9.55 Å². The van der Waals surface area contributed by atoms with Crippen molar-refractivity contribution >= 4 is 28.7 Å². The van der Waals surface area contributed by atoms with Gasteiger partial charge in [-0.2, -0.15) is 13.2 Å². The second-order valence-electron chi connectivity index (χ2n) is 3.74. The minimum atomic E-state index is -4.23. The summed E-state index contributed by atoms with van der Waals surface area (Å²) in [5, 5.41) is 0. The van der Waals surface area contributed by atoms with Crippen molar-refractivity contribution in [3.63, 3.8) is 0 Å². The van der Waals surface area contributed by atoms with Crippen LogP contribution >= 0.6 is 11.8 Å². The number of benzene rings is 1. The Hall–Kier alpha value is -1.57. The Morgan fingerprint density at radius 2 is 2.16 bits per heavy atom. The zero-order valence-corrected chi connectivity index (χ0v) is 10.9. The molecular weight excluding hydrogens is 279 g/mol. The maximum absolute atomic E-state index is 12.1. The number of nitrogen functional groups attached to an aromatic ring is 1. The van der Waals surface area contributed by atoms with Gasteiger partial charge in [0.25, 0.3) is 0 Å². The van der Waals surface area contributed by atoms with Gasteiger partial charge >= 0.3 is 5.51 Å². The molecule has 8 heteroatoms. The predicted molar refractivity (Wildman–Crippen MR) is 69.2 cm³/mol. The molecule has 0 aliphatic heterocycles. The highest BCUT2D eigenvalue weighted by Gasteiger charge is 2.27. The zero-order chi connectivity index (χ0) is 14.0. The molecule has 1 aromatic heterocycles. The van der Waals surface area contributed by atoms with Crippen molar-refractivity contribution in [2.24, 2.45) is 0 Å². The molecule has 0 aliphatic rings. The van der Waals surface area contributed by atoms with Crippen LogP contribution in [0.2, 0.25) is 0 Å². The molecule has 0 amide bonds. The van der Waals surface area contributed by atoms with Crippen LogP contribution in [-0.2, 0) is 6.54 Å². The summed E-state index contributed by atoms with van der Waals surface area (Å²) in [6, 6.07) is 5.22. The number of fused-ring (bicyclic) bond motifs is 1. The number of thioether (sulfide) groups is 1. The van der Waals surface area contributed by atoms with E-state index in [-0.39, 0.29) is 30.0 Å². The summed E-state index contributed by atoms with van der Waals surface area (Å²) in [6.07, 6.45) is 0. The number of halogens is 3. The molecule has 2 N–H and O–H groups in total. The number of hydrogen-bond acceptors (Lipinski definition) is 4. The van der Waals surface area contributed by atoms with Gasteiger partial charge in [0.05, 0.1) is 12.6 Å². The number of rotatable bonds is 4. The Balaban J connectivity index is 2.26. The van der Waals surface area contributed by atoms with Gasteiger partial charge in [-0.15, -0.1) is 0 Å². The van der Waals surface area contributed by atoms with E-state index in [4.69, 9.17) is 10.5 Å².